The van der Waals surface area contributed by atoms with E-state index < -0.39 is 0 Å². The van der Waals surface area contributed by atoms with E-state index in [2.05, 4.69) is 94.8 Å². The molecule has 0 amide bonds. The van der Waals surface area contributed by atoms with E-state index in [9.17, 15) is 0 Å². The van der Waals surface area contributed by atoms with E-state index in [-0.39, 0.29) is 0 Å². The predicted octanol–water partition coefficient (Wildman–Crippen LogP) is 6.52. The Morgan fingerprint density at radius 3 is 2.13 bits per heavy atom. The molecule has 23 heavy (non-hydrogen) atoms. The molecule has 0 aromatic heterocycles. The first-order chi connectivity index (χ1) is 11.3. The third-order valence-electron chi connectivity index (χ3n) is 4.84. The Balaban J connectivity index is 1.60. The van der Waals surface area contributed by atoms with Crippen LogP contribution in [-0.4, -0.2) is 0 Å². The third kappa shape index (κ3) is 2.98. The highest BCUT2D eigenvalue weighted by Gasteiger charge is 2.25. The normalized spacial score (nSPS) is 20.0. The summed E-state index contributed by atoms with van der Waals surface area (Å²) in [6.45, 7) is 0. The summed E-state index contributed by atoms with van der Waals surface area (Å²) < 4.78 is 0. The van der Waals surface area contributed by atoms with E-state index >= 15 is 0 Å². The highest BCUT2D eigenvalue weighted by atomic mass is 79.9. The van der Waals surface area contributed by atoms with Crippen molar-refractivity contribution in [1.29, 1.82) is 0 Å². The first-order valence-electron chi connectivity index (χ1n) is 8.18. The molecule has 114 valence electrons. The maximum Gasteiger partial charge on any atom is 0.0404 e. The van der Waals surface area contributed by atoms with Crippen LogP contribution in [0.1, 0.15) is 33.9 Å². The van der Waals surface area contributed by atoms with Gasteiger partial charge in [-0.05, 0) is 46.6 Å². The molecule has 1 heteroatoms. The minimum Gasteiger partial charge on any atom is -0.0838 e. The molecule has 2 unspecified atom stereocenters. The Kier molecular flexibility index (Phi) is 4.05. The van der Waals surface area contributed by atoms with Crippen molar-refractivity contribution in [3.63, 3.8) is 0 Å². The van der Waals surface area contributed by atoms with Gasteiger partial charge in [0.15, 0.2) is 0 Å². The van der Waals surface area contributed by atoms with Crippen molar-refractivity contribution in [1.82, 2.24) is 0 Å². The van der Waals surface area contributed by atoms with Crippen molar-refractivity contribution in [2.75, 3.05) is 0 Å². The zero-order valence-electron chi connectivity index (χ0n) is 13.0. The molecule has 0 fully saturated rings. The van der Waals surface area contributed by atoms with E-state index in [0.29, 0.717) is 10.7 Å². The first-order valence-corrected chi connectivity index (χ1v) is 9.10. The van der Waals surface area contributed by atoms with Crippen LogP contribution in [0.2, 0.25) is 0 Å². The van der Waals surface area contributed by atoms with Crippen molar-refractivity contribution in [3.8, 4) is 11.1 Å². The molecule has 0 saturated heterocycles. The van der Waals surface area contributed by atoms with Gasteiger partial charge in [0, 0.05) is 4.83 Å². The number of benzene rings is 3. The zero-order chi connectivity index (χ0) is 15.6. The van der Waals surface area contributed by atoms with Gasteiger partial charge >= 0.3 is 0 Å². The maximum atomic E-state index is 3.88. The number of fused-ring (bicyclic) bond motifs is 1. The molecule has 0 aliphatic heterocycles. The van der Waals surface area contributed by atoms with Crippen LogP contribution in [-0.2, 0) is 6.42 Å². The molecule has 0 radical (unpaired) electrons. The molecule has 0 spiro atoms. The second-order valence-electron chi connectivity index (χ2n) is 6.29. The second kappa shape index (κ2) is 6.33. The highest BCUT2D eigenvalue weighted by Crippen LogP contribution is 2.43. The summed E-state index contributed by atoms with van der Waals surface area (Å²) in [6.07, 6.45) is 2.31. The Hall–Kier alpha value is -1.86. The smallest absolute Gasteiger partial charge is 0.0404 e. The lowest BCUT2D eigenvalue weighted by Crippen LogP contribution is -2.14. The number of halogens is 1. The van der Waals surface area contributed by atoms with Crippen LogP contribution < -0.4 is 0 Å². The van der Waals surface area contributed by atoms with Gasteiger partial charge in [0.1, 0.15) is 0 Å². The van der Waals surface area contributed by atoms with Crippen LogP contribution in [0, 0.1) is 0 Å². The van der Waals surface area contributed by atoms with Crippen LogP contribution in [0.15, 0.2) is 78.9 Å². The molecule has 0 nitrogen and oxygen atoms in total. The second-order valence-corrected chi connectivity index (χ2v) is 7.40. The summed E-state index contributed by atoms with van der Waals surface area (Å²) in [7, 11) is 0. The van der Waals surface area contributed by atoms with Crippen LogP contribution in [0.4, 0.5) is 0 Å². The van der Waals surface area contributed by atoms with Gasteiger partial charge in [0.25, 0.3) is 0 Å². The molecule has 0 bridgehead atoms. The predicted molar refractivity (Wildman–Crippen MR) is 101 cm³/mol. The fraction of sp³-hybridized carbons (Fsp3) is 0.182. The lowest BCUT2D eigenvalue weighted by Gasteiger charge is -2.29. The Morgan fingerprint density at radius 1 is 0.696 bits per heavy atom. The largest absolute Gasteiger partial charge is 0.0838 e. The average molecular weight is 363 g/mol. The van der Waals surface area contributed by atoms with Crippen LogP contribution in [0.3, 0.4) is 0 Å². The fourth-order valence-corrected chi connectivity index (χ4v) is 4.48. The summed E-state index contributed by atoms with van der Waals surface area (Å²) in [5.74, 6) is 0.596. The van der Waals surface area contributed by atoms with Gasteiger partial charge in [-0.15, -0.1) is 0 Å². The number of rotatable bonds is 2. The molecule has 2 atom stereocenters. The zero-order valence-corrected chi connectivity index (χ0v) is 14.5. The quantitative estimate of drug-likeness (QED) is 0.455. The highest BCUT2D eigenvalue weighted by molar-refractivity contribution is 9.09. The van der Waals surface area contributed by atoms with Gasteiger partial charge in [-0.1, -0.05) is 94.8 Å². The minimum absolute atomic E-state index is 0.464. The molecule has 0 saturated carbocycles. The first kappa shape index (κ1) is 14.7. The van der Waals surface area contributed by atoms with Crippen molar-refractivity contribution in [3.05, 3.63) is 95.6 Å². The van der Waals surface area contributed by atoms with Crippen molar-refractivity contribution < 1.29 is 0 Å². The Morgan fingerprint density at radius 2 is 1.35 bits per heavy atom. The molecule has 3 aromatic rings. The van der Waals surface area contributed by atoms with Crippen LogP contribution >= 0.6 is 15.9 Å². The average Bonchev–Trinajstić information content (AvgIpc) is 2.63. The lowest BCUT2D eigenvalue weighted by molar-refractivity contribution is 0.582. The van der Waals surface area contributed by atoms with E-state index in [4.69, 9.17) is 0 Å². The van der Waals surface area contributed by atoms with Gasteiger partial charge in [-0.3, -0.25) is 0 Å². The van der Waals surface area contributed by atoms with Crippen molar-refractivity contribution >= 4 is 15.9 Å². The number of hydrogen-bond acceptors (Lipinski definition) is 0. The Labute approximate surface area is 146 Å². The molecule has 1 aliphatic carbocycles. The summed E-state index contributed by atoms with van der Waals surface area (Å²) in [5, 5.41) is 0. The molecule has 4 rings (SSSR count). The summed E-state index contributed by atoms with van der Waals surface area (Å²) in [4.78, 5) is 0.464. The SMILES string of the molecule is BrC1CC(c2ccc(-c3ccccc3)cc2)Cc2ccccc21. The number of hydrogen-bond donors (Lipinski definition) is 0. The van der Waals surface area contributed by atoms with Gasteiger partial charge < -0.3 is 0 Å². The molecule has 3 aromatic carbocycles. The van der Waals surface area contributed by atoms with Crippen LogP contribution in [0.5, 0.6) is 0 Å². The third-order valence-corrected chi connectivity index (χ3v) is 5.71. The summed E-state index contributed by atoms with van der Waals surface area (Å²) in [5.41, 5.74) is 6.97. The summed E-state index contributed by atoms with van der Waals surface area (Å²) in [6, 6.07) is 28.5. The fourth-order valence-electron chi connectivity index (χ4n) is 3.58. The minimum atomic E-state index is 0.464. The van der Waals surface area contributed by atoms with Gasteiger partial charge in [0.2, 0.25) is 0 Å². The molecule has 1 aliphatic rings. The maximum absolute atomic E-state index is 3.88. The van der Waals surface area contributed by atoms with Crippen molar-refractivity contribution in [2.45, 2.75) is 23.6 Å². The van der Waals surface area contributed by atoms with E-state index in [1.54, 1.807) is 0 Å². The van der Waals surface area contributed by atoms with E-state index in [0.717, 1.165) is 6.42 Å². The number of alkyl halides is 1. The van der Waals surface area contributed by atoms with E-state index in [1.807, 2.05) is 0 Å². The molecule has 0 N–H and O–H groups in total. The van der Waals surface area contributed by atoms with Gasteiger partial charge in [-0.2, -0.15) is 0 Å². The topological polar surface area (TPSA) is 0 Å². The van der Waals surface area contributed by atoms with Crippen LogP contribution in [0.25, 0.3) is 11.1 Å². The molecular weight excluding hydrogens is 344 g/mol. The lowest BCUT2D eigenvalue weighted by atomic mass is 9.80. The van der Waals surface area contributed by atoms with Gasteiger partial charge in [-0.25, -0.2) is 0 Å². The standard InChI is InChI=1S/C22H19Br/c23-22-15-20(14-19-8-4-5-9-21(19)22)18-12-10-17(11-13-18)16-6-2-1-3-7-16/h1-13,20,22H,14-15H2. The van der Waals surface area contributed by atoms with E-state index in [1.165, 1.54) is 34.2 Å². The van der Waals surface area contributed by atoms with Gasteiger partial charge in [0.05, 0.1) is 0 Å². The Bertz CT molecular complexity index is 790. The molecular formula is C22H19Br. The summed E-state index contributed by atoms with van der Waals surface area (Å²) >= 11 is 3.88. The van der Waals surface area contributed by atoms with Crippen molar-refractivity contribution in [2.24, 2.45) is 0 Å². The monoisotopic (exact) mass is 362 g/mol. The molecule has 0 heterocycles.